The molecule has 15 heavy (non-hydrogen) atoms. The van der Waals surface area contributed by atoms with Crippen molar-refractivity contribution < 1.29 is 0 Å². The van der Waals surface area contributed by atoms with E-state index < -0.39 is 0 Å². The van der Waals surface area contributed by atoms with E-state index in [2.05, 4.69) is 29.6 Å². The fourth-order valence-electron chi connectivity index (χ4n) is 1.34. The molecule has 4 heteroatoms. The van der Waals surface area contributed by atoms with Crippen LogP contribution in [0.3, 0.4) is 0 Å². The third kappa shape index (κ3) is 2.11. The van der Waals surface area contributed by atoms with E-state index in [4.69, 9.17) is 5.73 Å². The maximum absolute atomic E-state index is 5.69. The van der Waals surface area contributed by atoms with Crippen LogP contribution in [-0.2, 0) is 0 Å². The van der Waals surface area contributed by atoms with Gasteiger partial charge in [-0.15, -0.1) is 0 Å². The molecule has 2 rings (SSSR count). The summed E-state index contributed by atoms with van der Waals surface area (Å²) in [5.74, 6) is 0. The lowest BCUT2D eigenvalue weighted by molar-refractivity contribution is 0.582. The number of fused-ring (bicyclic) bond motifs is 1. The zero-order chi connectivity index (χ0) is 10.9. The first-order chi connectivity index (χ1) is 7.12. The van der Waals surface area contributed by atoms with Crippen LogP contribution in [0, 0.1) is 0 Å². The number of anilines is 1. The highest BCUT2D eigenvalue weighted by Gasteiger charge is 2.17. The highest BCUT2D eigenvalue weighted by Crippen LogP contribution is 2.29. The molecular weight excluding hydrogens is 206 g/mol. The Morgan fingerprint density at radius 3 is 2.87 bits per heavy atom. The molecule has 0 saturated carbocycles. The van der Waals surface area contributed by atoms with Crippen LogP contribution >= 0.6 is 11.5 Å². The summed E-state index contributed by atoms with van der Waals surface area (Å²) >= 11 is 1.49. The summed E-state index contributed by atoms with van der Waals surface area (Å²) < 4.78 is 4.38. The Balaban J connectivity index is 2.37. The Morgan fingerprint density at radius 2 is 2.13 bits per heavy atom. The molecule has 0 radical (unpaired) electrons. The number of nitrogens with two attached hydrogens (primary N) is 1. The molecule has 0 aliphatic carbocycles. The smallest absolute Gasteiger partial charge is 0.117 e. The maximum atomic E-state index is 5.69. The van der Waals surface area contributed by atoms with E-state index in [-0.39, 0.29) is 5.54 Å². The molecule has 3 nitrogen and oxygen atoms in total. The van der Waals surface area contributed by atoms with Crippen LogP contribution in [0.25, 0.3) is 10.9 Å². The van der Waals surface area contributed by atoms with Gasteiger partial charge in [-0.25, -0.2) is 0 Å². The second kappa shape index (κ2) is 3.79. The van der Waals surface area contributed by atoms with Crippen LogP contribution in [-0.4, -0.2) is 16.5 Å². The number of benzene rings is 1. The molecular formula is C11H15N3S. The molecule has 0 bridgehead atoms. The Morgan fingerprint density at radius 1 is 1.40 bits per heavy atom. The van der Waals surface area contributed by atoms with Gasteiger partial charge in [0, 0.05) is 17.5 Å². The summed E-state index contributed by atoms with van der Waals surface area (Å²) in [7, 11) is 0. The van der Waals surface area contributed by atoms with Crippen LogP contribution in [0.4, 0.5) is 5.00 Å². The average Bonchev–Trinajstić information content (AvgIpc) is 2.62. The zero-order valence-electron chi connectivity index (χ0n) is 8.95. The van der Waals surface area contributed by atoms with E-state index in [0.29, 0.717) is 6.54 Å². The quantitative estimate of drug-likeness (QED) is 0.837. The van der Waals surface area contributed by atoms with Gasteiger partial charge in [0.25, 0.3) is 0 Å². The largest absolute Gasteiger partial charge is 0.369 e. The third-order valence-corrected chi connectivity index (χ3v) is 3.14. The second-order valence-electron chi connectivity index (χ2n) is 4.24. The van der Waals surface area contributed by atoms with Crippen molar-refractivity contribution in [1.82, 2.24) is 4.37 Å². The molecule has 0 atom stereocenters. The molecule has 0 unspecified atom stereocenters. The van der Waals surface area contributed by atoms with E-state index in [1.165, 1.54) is 16.9 Å². The predicted octanol–water partition coefficient (Wildman–Crippen LogP) is 2.45. The van der Waals surface area contributed by atoms with Gasteiger partial charge in [-0.1, -0.05) is 12.1 Å². The van der Waals surface area contributed by atoms with Gasteiger partial charge in [-0.05, 0) is 37.5 Å². The molecule has 0 aliphatic heterocycles. The minimum absolute atomic E-state index is 0.0880. The molecule has 1 heterocycles. The van der Waals surface area contributed by atoms with E-state index in [0.717, 1.165) is 10.5 Å². The first kappa shape index (κ1) is 10.4. The number of rotatable bonds is 3. The van der Waals surface area contributed by atoms with Gasteiger partial charge in [0.05, 0.1) is 5.52 Å². The average molecular weight is 221 g/mol. The molecule has 1 aromatic heterocycles. The van der Waals surface area contributed by atoms with Crippen molar-refractivity contribution in [2.24, 2.45) is 5.73 Å². The van der Waals surface area contributed by atoms with Crippen molar-refractivity contribution in [3.8, 4) is 0 Å². The normalized spacial score (nSPS) is 11.9. The van der Waals surface area contributed by atoms with Crippen molar-refractivity contribution >= 4 is 27.4 Å². The fraction of sp³-hybridized carbons (Fsp3) is 0.364. The van der Waals surface area contributed by atoms with Gasteiger partial charge < -0.3 is 11.1 Å². The van der Waals surface area contributed by atoms with E-state index in [1.807, 2.05) is 18.2 Å². The topological polar surface area (TPSA) is 50.9 Å². The highest BCUT2D eigenvalue weighted by molar-refractivity contribution is 7.11. The van der Waals surface area contributed by atoms with Crippen molar-refractivity contribution in [2.45, 2.75) is 19.4 Å². The zero-order valence-corrected chi connectivity index (χ0v) is 9.77. The Kier molecular flexibility index (Phi) is 2.63. The maximum Gasteiger partial charge on any atom is 0.117 e. The molecule has 0 saturated heterocycles. The molecule has 0 spiro atoms. The monoisotopic (exact) mass is 221 g/mol. The van der Waals surface area contributed by atoms with Gasteiger partial charge in [0.1, 0.15) is 5.00 Å². The van der Waals surface area contributed by atoms with Crippen LogP contribution in [0.5, 0.6) is 0 Å². The summed E-state index contributed by atoms with van der Waals surface area (Å²) in [6.45, 7) is 4.77. The summed E-state index contributed by atoms with van der Waals surface area (Å²) in [4.78, 5) is 0. The molecule has 80 valence electrons. The van der Waals surface area contributed by atoms with Gasteiger partial charge in [-0.2, -0.15) is 4.37 Å². The minimum Gasteiger partial charge on any atom is -0.369 e. The highest BCUT2D eigenvalue weighted by atomic mass is 32.1. The van der Waals surface area contributed by atoms with Gasteiger partial charge in [0.2, 0.25) is 0 Å². The first-order valence-electron chi connectivity index (χ1n) is 4.95. The number of nitrogens with zero attached hydrogens (tertiary/aromatic N) is 1. The van der Waals surface area contributed by atoms with Gasteiger partial charge in [0.15, 0.2) is 0 Å². The lowest BCUT2D eigenvalue weighted by Gasteiger charge is -2.24. The van der Waals surface area contributed by atoms with Crippen molar-refractivity contribution in [2.75, 3.05) is 11.9 Å². The predicted molar refractivity (Wildman–Crippen MR) is 66.4 cm³/mol. The number of hydrogen-bond acceptors (Lipinski definition) is 4. The molecule has 0 aliphatic rings. The second-order valence-corrected chi connectivity index (χ2v) is 5.02. The van der Waals surface area contributed by atoms with E-state index >= 15 is 0 Å². The summed E-state index contributed by atoms with van der Waals surface area (Å²) in [6.07, 6.45) is 0. The SMILES string of the molecule is CC(C)(CN)Nc1snc2ccccc12. The van der Waals surface area contributed by atoms with Gasteiger partial charge >= 0.3 is 0 Å². The molecule has 3 N–H and O–H groups in total. The Hall–Kier alpha value is -1.13. The Bertz CT molecular complexity index is 462. The molecule has 0 amide bonds. The Labute approximate surface area is 93.5 Å². The van der Waals surface area contributed by atoms with Crippen LogP contribution in [0.2, 0.25) is 0 Å². The van der Waals surface area contributed by atoms with E-state index in [9.17, 15) is 0 Å². The van der Waals surface area contributed by atoms with Crippen LogP contribution < -0.4 is 11.1 Å². The molecule has 1 aromatic carbocycles. The molecule has 2 aromatic rings. The summed E-state index contributed by atoms with van der Waals surface area (Å²) in [6, 6.07) is 8.12. The number of nitrogens with one attached hydrogen (secondary N) is 1. The lowest BCUT2D eigenvalue weighted by atomic mass is 10.1. The first-order valence-corrected chi connectivity index (χ1v) is 5.72. The fourth-order valence-corrected chi connectivity index (χ4v) is 2.28. The van der Waals surface area contributed by atoms with Crippen molar-refractivity contribution in [3.63, 3.8) is 0 Å². The third-order valence-electron chi connectivity index (χ3n) is 2.35. The standard InChI is InChI=1S/C11H15N3S/c1-11(2,7-12)13-10-8-5-3-4-6-9(8)14-15-10/h3-6,13H,7,12H2,1-2H3. The molecule has 0 fully saturated rings. The summed E-state index contributed by atoms with van der Waals surface area (Å²) in [5, 5.41) is 5.69. The van der Waals surface area contributed by atoms with Crippen LogP contribution in [0.1, 0.15) is 13.8 Å². The van der Waals surface area contributed by atoms with Crippen molar-refractivity contribution in [3.05, 3.63) is 24.3 Å². The number of hydrogen-bond donors (Lipinski definition) is 2. The lowest BCUT2D eigenvalue weighted by Crippen LogP contribution is -2.38. The van der Waals surface area contributed by atoms with Gasteiger partial charge in [-0.3, -0.25) is 0 Å². The minimum atomic E-state index is -0.0880. The van der Waals surface area contributed by atoms with Crippen molar-refractivity contribution in [1.29, 1.82) is 0 Å². The van der Waals surface area contributed by atoms with E-state index in [1.54, 1.807) is 0 Å². The summed E-state index contributed by atoms with van der Waals surface area (Å²) in [5.41, 5.74) is 6.64. The van der Waals surface area contributed by atoms with Crippen LogP contribution in [0.15, 0.2) is 24.3 Å². The number of aromatic nitrogens is 1.